The molecule has 0 radical (unpaired) electrons. The minimum atomic E-state index is -0.670. The van der Waals surface area contributed by atoms with Crippen LogP contribution < -0.4 is 5.32 Å². The Balaban J connectivity index is 2.44. The van der Waals surface area contributed by atoms with Gasteiger partial charge in [-0.2, -0.15) is 4.37 Å². The largest absolute Gasteiger partial charge is 0.388 e. The van der Waals surface area contributed by atoms with Crippen molar-refractivity contribution in [1.82, 2.24) is 9.36 Å². The highest BCUT2D eigenvalue weighted by Gasteiger charge is 2.17. The van der Waals surface area contributed by atoms with E-state index in [0.717, 1.165) is 30.2 Å². The van der Waals surface area contributed by atoms with Gasteiger partial charge in [-0.15, -0.1) is 0 Å². The molecular formula is C10H19N3OS. The summed E-state index contributed by atoms with van der Waals surface area (Å²) in [6.45, 7) is 6.40. The van der Waals surface area contributed by atoms with Gasteiger partial charge in [0.15, 0.2) is 0 Å². The van der Waals surface area contributed by atoms with E-state index < -0.39 is 5.60 Å². The molecule has 0 amide bonds. The van der Waals surface area contributed by atoms with Gasteiger partial charge in [0.05, 0.1) is 5.60 Å². The molecule has 0 saturated carbocycles. The lowest BCUT2D eigenvalue weighted by Crippen LogP contribution is -2.32. The van der Waals surface area contributed by atoms with Crippen LogP contribution in [0.2, 0.25) is 0 Å². The summed E-state index contributed by atoms with van der Waals surface area (Å²) in [5, 5.41) is 13.7. The van der Waals surface area contributed by atoms with E-state index in [1.807, 2.05) is 13.8 Å². The second kappa shape index (κ2) is 5.42. The Morgan fingerprint density at radius 3 is 2.80 bits per heavy atom. The average molecular weight is 229 g/mol. The monoisotopic (exact) mass is 229 g/mol. The van der Waals surface area contributed by atoms with Gasteiger partial charge in [0.1, 0.15) is 5.82 Å². The number of nitrogens with zero attached hydrogens (tertiary/aromatic N) is 2. The lowest BCUT2D eigenvalue weighted by Gasteiger charge is -2.20. The second-order valence-corrected chi connectivity index (χ2v) is 4.72. The first kappa shape index (κ1) is 12.4. The van der Waals surface area contributed by atoms with Gasteiger partial charge < -0.3 is 10.4 Å². The first-order chi connectivity index (χ1) is 7.07. The highest BCUT2D eigenvalue weighted by atomic mass is 32.1. The topological polar surface area (TPSA) is 58.0 Å². The van der Waals surface area contributed by atoms with Gasteiger partial charge in [0.2, 0.25) is 5.13 Å². The number of aryl methyl sites for hydroxylation is 1. The number of hydrogen-bond donors (Lipinski definition) is 2. The van der Waals surface area contributed by atoms with Crippen LogP contribution in [0, 0.1) is 0 Å². The van der Waals surface area contributed by atoms with Gasteiger partial charge in [0, 0.05) is 24.5 Å². The molecule has 5 heteroatoms. The number of anilines is 1. The van der Waals surface area contributed by atoms with E-state index in [9.17, 15) is 5.11 Å². The summed E-state index contributed by atoms with van der Waals surface area (Å²) in [4.78, 5) is 4.32. The number of nitrogens with one attached hydrogen (secondary N) is 1. The van der Waals surface area contributed by atoms with Crippen LogP contribution in [0.1, 0.15) is 39.4 Å². The molecule has 0 fully saturated rings. The third-order valence-corrected chi connectivity index (χ3v) is 3.03. The molecule has 1 aromatic heterocycles. The van der Waals surface area contributed by atoms with Crippen LogP contribution in [0.25, 0.3) is 0 Å². The molecule has 1 unspecified atom stereocenters. The maximum Gasteiger partial charge on any atom is 0.202 e. The number of rotatable bonds is 6. The Morgan fingerprint density at radius 1 is 1.47 bits per heavy atom. The molecule has 4 nitrogen and oxygen atoms in total. The zero-order valence-electron chi connectivity index (χ0n) is 9.58. The van der Waals surface area contributed by atoms with E-state index in [2.05, 4.69) is 21.6 Å². The summed E-state index contributed by atoms with van der Waals surface area (Å²) in [7, 11) is 0. The molecule has 0 aromatic carbocycles. The minimum Gasteiger partial charge on any atom is -0.388 e. The van der Waals surface area contributed by atoms with Crippen molar-refractivity contribution >= 4 is 16.7 Å². The molecule has 0 aliphatic heterocycles. The Kier molecular flexibility index (Phi) is 4.47. The van der Waals surface area contributed by atoms with Crippen LogP contribution in [0.5, 0.6) is 0 Å². The van der Waals surface area contributed by atoms with Crippen LogP contribution in [-0.4, -0.2) is 26.6 Å². The fourth-order valence-corrected chi connectivity index (χ4v) is 1.65. The summed E-state index contributed by atoms with van der Waals surface area (Å²) in [6, 6.07) is 0. The lowest BCUT2D eigenvalue weighted by atomic mass is 10.0. The molecule has 0 saturated heterocycles. The van der Waals surface area contributed by atoms with Crippen molar-refractivity contribution < 1.29 is 5.11 Å². The van der Waals surface area contributed by atoms with Gasteiger partial charge in [-0.25, -0.2) is 4.98 Å². The summed E-state index contributed by atoms with van der Waals surface area (Å²) in [5.41, 5.74) is -0.670. The minimum absolute atomic E-state index is 0.518. The molecular weight excluding hydrogens is 210 g/mol. The number of hydrogen-bond acceptors (Lipinski definition) is 5. The maximum atomic E-state index is 9.79. The van der Waals surface area contributed by atoms with E-state index in [4.69, 9.17) is 0 Å². The zero-order chi connectivity index (χ0) is 11.3. The molecule has 86 valence electrons. The van der Waals surface area contributed by atoms with Crippen molar-refractivity contribution in [2.24, 2.45) is 0 Å². The summed E-state index contributed by atoms with van der Waals surface area (Å²) >= 11 is 1.36. The summed E-state index contributed by atoms with van der Waals surface area (Å²) in [6.07, 6.45) is 2.70. The fraction of sp³-hybridized carbons (Fsp3) is 0.800. The normalized spacial score (nSPS) is 14.9. The van der Waals surface area contributed by atoms with Gasteiger partial charge >= 0.3 is 0 Å². The van der Waals surface area contributed by atoms with Gasteiger partial charge in [0.25, 0.3) is 0 Å². The first-order valence-electron chi connectivity index (χ1n) is 5.36. The van der Waals surface area contributed by atoms with E-state index >= 15 is 0 Å². The quantitative estimate of drug-likeness (QED) is 0.784. The smallest absolute Gasteiger partial charge is 0.202 e. The van der Waals surface area contributed by atoms with Crippen molar-refractivity contribution in [1.29, 1.82) is 0 Å². The summed E-state index contributed by atoms with van der Waals surface area (Å²) in [5.74, 6) is 0.890. The molecule has 0 aliphatic carbocycles. The predicted octanol–water partition coefficient (Wildman–Crippen LogP) is 2.06. The molecule has 1 heterocycles. The van der Waals surface area contributed by atoms with Crippen molar-refractivity contribution in [2.75, 3.05) is 11.9 Å². The average Bonchev–Trinajstić information content (AvgIpc) is 2.64. The Hall–Kier alpha value is -0.680. The Labute approximate surface area is 94.9 Å². The van der Waals surface area contributed by atoms with Crippen molar-refractivity contribution in [3.05, 3.63) is 5.82 Å². The van der Waals surface area contributed by atoms with Crippen LogP contribution >= 0.6 is 11.5 Å². The Bertz CT molecular complexity index is 299. The van der Waals surface area contributed by atoms with E-state index in [1.165, 1.54) is 11.5 Å². The molecule has 15 heavy (non-hydrogen) atoms. The van der Waals surface area contributed by atoms with E-state index in [-0.39, 0.29) is 0 Å². The van der Waals surface area contributed by atoms with Crippen molar-refractivity contribution in [2.45, 2.75) is 45.6 Å². The summed E-state index contributed by atoms with van der Waals surface area (Å²) < 4.78 is 4.22. The fourth-order valence-electron chi connectivity index (χ4n) is 1.04. The van der Waals surface area contributed by atoms with Crippen LogP contribution in [0.3, 0.4) is 0 Å². The first-order valence-corrected chi connectivity index (χ1v) is 6.13. The third-order valence-electron chi connectivity index (χ3n) is 2.32. The third kappa shape index (κ3) is 4.13. The predicted molar refractivity (Wildman–Crippen MR) is 63.3 cm³/mol. The van der Waals surface area contributed by atoms with Gasteiger partial charge in [-0.05, 0) is 19.8 Å². The van der Waals surface area contributed by atoms with Crippen molar-refractivity contribution in [3.63, 3.8) is 0 Å². The van der Waals surface area contributed by atoms with E-state index in [1.54, 1.807) is 0 Å². The standard InChI is InChI=1S/C10H19N3OS/c1-4-6-8-12-9(15-13-8)11-7-10(3,14)5-2/h14H,4-7H2,1-3H3,(H,11,12,13). The SMILES string of the molecule is CCCc1nsc(NCC(C)(O)CC)n1. The van der Waals surface area contributed by atoms with E-state index in [0.29, 0.717) is 6.54 Å². The highest BCUT2D eigenvalue weighted by molar-refractivity contribution is 7.09. The maximum absolute atomic E-state index is 9.79. The van der Waals surface area contributed by atoms with Crippen LogP contribution in [-0.2, 0) is 6.42 Å². The number of aromatic nitrogens is 2. The van der Waals surface area contributed by atoms with Crippen LogP contribution in [0.15, 0.2) is 0 Å². The molecule has 1 rings (SSSR count). The molecule has 0 bridgehead atoms. The zero-order valence-corrected chi connectivity index (χ0v) is 10.4. The highest BCUT2D eigenvalue weighted by Crippen LogP contribution is 2.15. The van der Waals surface area contributed by atoms with Crippen molar-refractivity contribution in [3.8, 4) is 0 Å². The molecule has 1 aromatic rings. The molecule has 2 N–H and O–H groups in total. The van der Waals surface area contributed by atoms with Crippen LogP contribution in [0.4, 0.5) is 5.13 Å². The molecule has 0 aliphatic rings. The second-order valence-electron chi connectivity index (χ2n) is 3.97. The van der Waals surface area contributed by atoms with Gasteiger partial charge in [-0.1, -0.05) is 13.8 Å². The lowest BCUT2D eigenvalue weighted by molar-refractivity contribution is 0.0697. The Morgan fingerprint density at radius 2 is 2.20 bits per heavy atom. The molecule has 0 spiro atoms. The molecule has 1 atom stereocenters. The number of aliphatic hydroxyl groups is 1. The van der Waals surface area contributed by atoms with Gasteiger partial charge in [-0.3, -0.25) is 0 Å².